The number of aliphatic imine (C=N–C) groups is 1. The Bertz CT molecular complexity index is 647. The lowest BCUT2D eigenvalue weighted by Gasteiger charge is -2.33. The molecular formula is C21H33IN4O3. The molecule has 0 spiro atoms. The first kappa shape index (κ1) is 25.2. The van der Waals surface area contributed by atoms with Crippen LogP contribution in [0, 0.1) is 5.92 Å². The number of esters is 1. The van der Waals surface area contributed by atoms with Gasteiger partial charge in [0.15, 0.2) is 5.96 Å². The summed E-state index contributed by atoms with van der Waals surface area (Å²) in [6.45, 7) is 7.52. The van der Waals surface area contributed by atoms with Crippen LogP contribution in [0.5, 0.6) is 0 Å². The highest BCUT2D eigenvalue weighted by Gasteiger charge is 2.27. The van der Waals surface area contributed by atoms with E-state index in [9.17, 15) is 9.59 Å². The number of hydrogen-bond acceptors (Lipinski definition) is 4. The molecule has 29 heavy (non-hydrogen) atoms. The van der Waals surface area contributed by atoms with E-state index in [-0.39, 0.29) is 41.8 Å². The van der Waals surface area contributed by atoms with Gasteiger partial charge in [0.05, 0.1) is 19.1 Å². The molecule has 2 N–H and O–H groups in total. The van der Waals surface area contributed by atoms with E-state index in [1.165, 1.54) is 0 Å². The average molecular weight is 516 g/mol. The van der Waals surface area contributed by atoms with E-state index in [2.05, 4.69) is 20.5 Å². The van der Waals surface area contributed by atoms with Crippen molar-refractivity contribution < 1.29 is 14.3 Å². The standard InChI is InChI=1S/C21H32N4O3.HI/c1-3-22-21(25-14-11-18(12-15-25)20(27)28-4-2)23-13-10-19(26)24-16-17-8-6-5-7-9-17;/h5-9,18H,3-4,10-16H2,1-2H3,(H,22,23)(H,24,26);1H. The predicted octanol–water partition coefficient (Wildman–Crippen LogP) is 2.55. The Morgan fingerprint density at radius 3 is 2.45 bits per heavy atom. The molecule has 1 aliphatic heterocycles. The van der Waals surface area contributed by atoms with Gasteiger partial charge in [-0.2, -0.15) is 0 Å². The summed E-state index contributed by atoms with van der Waals surface area (Å²) < 4.78 is 5.12. The number of amides is 1. The van der Waals surface area contributed by atoms with Gasteiger partial charge in [-0.15, -0.1) is 24.0 Å². The normalized spacial score (nSPS) is 14.7. The highest BCUT2D eigenvalue weighted by Crippen LogP contribution is 2.18. The largest absolute Gasteiger partial charge is 0.466 e. The Kier molecular flexibility index (Phi) is 12.3. The molecule has 0 aromatic heterocycles. The number of carbonyl (C=O) groups excluding carboxylic acids is 2. The van der Waals surface area contributed by atoms with Crippen LogP contribution >= 0.6 is 24.0 Å². The smallest absolute Gasteiger partial charge is 0.309 e. The van der Waals surface area contributed by atoms with E-state index in [4.69, 9.17) is 4.74 Å². The summed E-state index contributed by atoms with van der Waals surface area (Å²) >= 11 is 0. The zero-order valence-electron chi connectivity index (χ0n) is 17.4. The van der Waals surface area contributed by atoms with Crippen LogP contribution in [-0.4, -0.2) is 55.5 Å². The second-order valence-corrected chi connectivity index (χ2v) is 6.76. The van der Waals surface area contributed by atoms with Gasteiger partial charge in [0.2, 0.25) is 5.91 Å². The monoisotopic (exact) mass is 516 g/mol. The highest BCUT2D eigenvalue weighted by molar-refractivity contribution is 14.0. The van der Waals surface area contributed by atoms with Crippen molar-refractivity contribution in [3.05, 3.63) is 35.9 Å². The Labute approximate surface area is 190 Å². The Morgan fingerprint density at radius 2 is 1.83 bits per heavy atom. The van der Waals surface area contributed by atoms with Gasteiger partial charge in [-0.3, -0.25) is 14.6 Å². The molecule has 0 unspecified atom stereocenters. The molecule has 0 saturated carbocycles. The predicted molar refractivity (Wildman–Crippen MR) is 125 cm³/mol. The maximum atomic E-state index is 12.0. The minimum absolute atomic E-state index is 0. The molecule has 0 atom stereocenters. The van der Waals surface area contributed by atoms with Gasteiger partial charge >= 0.3 is 5.97 Å². The summed E-state index contributed by atoms with van der Waals surface area (Å²) in [6, 6.07) is 9.85. The molecule has 2 rings (SSSR count). The van der Waals surface area contributed by atoms with E-state index in [0.717, 1.165) is 44.0 Å². The lowest BCUT2D eigenvalue weighted by atomic mass is 9.97. The van der Waals surface area contributed by atoms with Crippen molar-refractivity contribution in [2.45, 2.75) is 39.7 Å². The van der Waals surface area contributed by atoms with Crippen molar-refractivity contribution in [1.82, 2.24) is 15.5 Å². The zero-order valence-corrected chi connectivity index (χ0v) is 19.7. The zero-order chi connectivity index (χ0) is 20.2. The molecule has 7 nitrogen and oxygen atoms in total. The quantitative estimate of drug-likeness (QED) is 0.240. The van der Waals surface area contributed by atoms with Gasteiger partial charge in [-0.25, -0.2) is 0 Å². The summed E-state index contributed by atoms with van der Waals surface area (Å²) in [5, 5.41) is 6.20. The van der Waals surface area contributed by atoms with E-state index >= 15 is 0 Å². The van der Waals surface area contributed by atoms with Gasteiger partial charge in [-0.05, 0) is 32.3 Å². The van der Waals surface area contributed by atoms with Crippen LogP contribution in [0.25, 0.3) is 0 Å². The molecule has 162 valence electrons. The Hall–Kier alpha value is -1.84. The van der Waals surface area contributed by atoms with Crippen LogP contribution in [-0.2, 0) is 20.9 Å². The van der Waals surface area contributed by atoms with Crippen molar-refractivity contribution >= 4 is 41.8 Å². The second-order valence-electron chi connectivity index (χ2n) is 6.76. The van der Waals surface area contributed by atoms with Gasteiger partial charge < -0.3 is 20.3 Å². The fraction of sp³-hybridized carbons (Fsp3) is 0.571. The van der Waals surface area contributed by atoms with E-state index in [0.29, 0.717) is 26.1 Å². The number of piperidine rings is 1. The number of benzene rings is 1. The molecule has 0 bridgehead atoms. The van der Waals surface area contributed by atoms with E-state index < -0.39 is 0 Å². The fourth-order valence-corrected chi connectivity index (χ4v) is 3.16. The molecule has 1 aromatic rings. The van der Waals surface area contributed by atoms with Crippen LogP contribution < -0.4 is 10.6 Å². The summed E-state index contributed by atoms with van der Waals surface area (Å²) in [4.78, 5) is 30.7. The van der Waals surface area contributed by atoms with Gasteiger partial charge in [0.25, 0.3) is 0 Å². The van der Waals surface area contributed by atoms with Gasteiger partial charge in [0.1, 0.15) is 0 Å². The maximum Gasteiger partial charge on any atom is 0.309 e. The van der Waals surface area contributed by atoms with Gasteiger partial charge in [-0.1, -0.05) is 30.3 Å². The van der Waals surface area contributed by atoms with Crippen molar-refractivity contribution in [3.8, 4) is 0 Å². The Morgan fingerprint density at radius 1 is 1.14 bits per heavy atom. The summed E-state index contributed by atoms with van der Waals surface area (Å²) in [5.74, 6) is 0.673. The van der Waals surface area contributed by atoms with Crippen LogP contribution in [0.2, 0.25) is 0 Å². The number of carbonyl (C=O) groups is 2. The summed E-state index contributed by atoms with van der Waals surface area (Å²) in [5.41, 5.74) is 1.08. The number of rotatable bonds is 8. The average Bonchev–Trinajstić information content (AvgIpc) is 2.73. The van der Waals surface area contributed by atoms with E-state index in [1.807, 2.05) is 44.2 Å². The molecule has 0 radical (unpaired) electrons. The van der Waals surface area contributed by atoms with Crippen molar-refractivity contribution in [1.29, 1.82) is 0 Å². The third kappa shape index (κ3) is 9.01. The number of halogens is 1. The number of hydrogen-bond donors (Lipinski definition) is 2. The lowest BCUT2D eigenvalue weighted by Crippen LogP contribution is -2.46. The van der Waals surface area contributed by atoms with Crippen LogP contribution in [0.4, 0.5) is 0 Å². The van der Waals surface area contributed by atoms with Crippen LogP contribution in [0.1, 0.15) is 38.7 Å². The highest BCUT2D eigenvalue weighted by atomic mass is 127. The van der Waals surface area contributed by atoms with Crippen LogP contribution in [0.3, 0.4) is 0 Å². The SMILES string of the molecule is CCNC(=NCCC(=O)NCc1ccccc1)N1CCC(C(=O)OCC)CC1.I. The third-order valence-corrected chi connectivity index (χ3v) is 4.68. The lowest BCUT2D eigenvalue weighted by molar-refractivity contribution is -0.149. The molecule has 1 amide bonds. The second kappa shape index (κ2) is 14.2. The topological polar surface area (TPSA) is 83.0 Å². The first-order valence-corrected chi connectivity index (χ1v) is 10.1. The van der Waals surface area contributed by atoms with Crippen molar-refractivity contribution in [3.63, 3.8) is 0 Å². The third-order valence-electron chi connectivity index (χ3n) is 4.68. The molecule has 1 aliphatic rings. The number of nitrogens with one attached hydrogen (secondary N) is 2. The molecule has 1 aromatic carbocycles. The maximum absolute atomic E-state index is 12.0. The van der Waals surface area contributed by atoms with Crippen molar-refractivity contribution in [2.75, 3.05) is 32.8 Å². The first-order chi connectivity index (χ1) is 13.6. The van der Waals surface area contributed by atoms with Crippen LogP contribution in [0.15, 0.2) is 35.3 Å². The molecule has 0 aliphatic carbocycles. The molecule has 1 saturated heterocycles. The van der Waals surface area contributed by atoms with E-state index in [1.54, 1.807) is 0 Å². The first-order valence-electron chi connectivity index (χ1n) is 10.1. The van der Waals surface area contributed by atoms with Gasteiger partial charge in [0, 0.05) is 32.6 Å². The molecular weight excluding hydrogens is 483 g/mol. The summed E-state index contributed by atoms with van der Waals surface area (Å²) in [7, 11) is 0. The number of guanidine groups is 1. The summed E-state index contributed by atoms with van der Waals surface area (Å²) in [6.07, 6.45) is 1.88. The number of ether oxygens (including phenoxy) is 1. The molecule has 1 heterocycles. The minimum atomic E-state index is -0.0980. The van der Waals surface area contributed by atoms with Crippen molar-refractivity contribution in [2.24, 2.45) is 10.9 Å². The molecule has 8 heteroatoms. The number of nitrogens with zero attached hydrogens (tertiary/aromatic N) is 2. The Balaban J connectivity index is 0.00000420. The fourth-order valence-electron chi connectivity index (χ4n) is 3.16. The molecule has 1 fully saturated rings. The number of likely N-dealkylation sites (tertiary alicyclic amines) is 1. The minimum Gasteiger partial charge on any atom is -0.466 e.